The highest BCUT2D eigenvalue weighted by Gasteiger charge is 2.33. The summed E-state index contributed by atoms with van der Waals surface area (Å²) < 4.78 is 2.33. The molecule has 0 amide bonds. The molecule has 8 rings (SSSR count). The van der Waals surface area contributed by atoms with E-state index in [-0.39, 0.29) is 16.2 Å². The minimum absolute atomic E-state index is 0.00668. The molecule has 6 aromatic rings. The van der Waals surface area contributed by atoms with Crippen LogP contribution >= 0.6 is 11.3 Å². The second-order valence-electron chi connectivity index (χ2n) is 10.7. The average molecular weight is 566 g/mol. The zero-order valence-corrected chi connectivity index (χ0v) is 23.2. The highest BCUT2D eigenvalue weighted by atomic mass is 32.1. The Hall–Kier alpha value is -5.14. The maximum Gasteiger partial charge on any atom is 0.271 e. The fourth-order valence-electron chi connectivity index (χ4n) is 6.47. The van der Waals surface area contributed by atoms with E-state index in [0.717, 1.165) is 56.8 Å². The predicted molar refractivity (Wildman–Crippen MR) is 167 cm³/mol. The lowest BCUT2D eigenvalue weighted by molar-refractivity contribution is -0.384. The number of rotatable bonds is 3. The van der Waals surface area contributed by atoms with E-state index in [1.807, 2.05) is 48.5 Å². The molecule has 2 aliphatic rings. The van der Waals surface area contributed by atoms with E-state index in [1.165, 1.54) is 23.0 Å². The Morgan fingerprint density at radius 1 is 0.857 bits per heavy atom. The Kier molecular flexibility index (Phi) is 5.55. The maximum absolute atomic E-state index is 14.3. The van der Waals surface area contributed by atoms with Crippen LogP contribution in [0.25, 0.3) is 33.3 Å². The molecular formula is C35H23N3O3S. The fourth-order valence-corrected chi connectivity index (χ4v) is 7.45. The summed E-state index contributed by atoms with van der Waals surface area (Å²) >= 11 is 1.37. The summed E-state index contributed by atoms with van der Waals surface area (Å²) in [5, 5.41) is 16.1. The van der Waals surface area contributed by atoms with Crippen LogP contribution in [-0.2, 0) is 6.42 Å². The lowest BCUT2D eigenvalue weighted by Crippen LogP contribution is -2.38. The number of benzene rings is 5. The molecule has 0 radical (unpaired) electrons. The van der Waals surface area contributed by atoms with Gasteiger partial charge in [-0.15, -0.1) is 0 Å². The third kappa shape index (κ3) is 3.78. The molecule has 0 unspecified atom stereocenters. The number of nitro benzene ring substituents is 1. The van der Waals surface area contributed by atoms with Crippen LogP contribution in [0.3, 0.4) is 0 Å². The number of nitro groups is 1. The maximum atomic E-state index is 14.3. The second-order valence-corrected chi connectivity index (χ2v) is 11.7. The monoisotopic (exact) mass is 565 g/mol. The Morgan fingerprint density at radius 3 is 2.33 bits per heavy atom. The van der Waals surface area contributed by atoms with Crippen molar-refractivity contribution in [3.05, 3.63) is 161 Å². The number of aromatic nitrogens is 1. The molecule has 202 valence electrons. The minimum Gasteiger partial charge on any atom is -0.272 e. The van der Waals surface area contributed by atoms with Gasteiger partial charge in [0.2, 0.25) is 0 Å². The zero-order chi connectivity index (χ0) is 28.4. The average Bonchev–Trinajstić information content (AvgIpc) is 3.33. The number of non-ortho nitro benzene ring substituents is 1. The Labute approximate surface area is 244 Å². The molecule has 7 heteroatoms. The van der Waals surface area contributed by atoms with Crippen LogP contribution in [0.5, 0.6) is 0 Å². The first-order valence-corrected chi connectivity index (χ1v) is 14.7. The number of fused-ring (bicyclic) bond motifs is 5. The van der Waals surface area contributed by atoms with Crippen LogP contribution in [0.15, 0.2) is 118 Å². The third-order valence-corrected chi connectivity index (χ3v) is 9.34. The SMILES string of the molecule is O=c1/c(=C/c2c3ccccc3cc3ccccc23)sc2n1[C@H](c1cccc([N+](=O)[O-])c1)C1=C(N=2)c2ccccc2CC1. The van der Waals surface area contributed by atoms with Crippen molar-refractivity contribution in [3.63, 3.8) is 0 Å². The first-order valence-electron chi connectivity index (χ1n) is 13.8. The summed E-state index contributed by atoms with van der Waals surface area (Å²) in [6, 6.07) is 33.1. The molecule has 1 aliphatic carbocycles. The van der Waals surface area contributed by atoms with Gasteiger partial charge in [0.1, 0.15) is 0 Å². The summed E-state index contributed by atoms with van der Waals surface area (Å²) in [5.41, 5.74) is 5.75. The number of allylic oxidation sites excluding steroid dienone is 1. The van der Waals surface area contributed by atoms with E-state index in [1.54, 1.807) is 16.7 Å². The van der Waals surface area contributed by atoms with Gasteiger partial charge in [0.25, 0.3) is 11.2 Å². The lowest BCUT2D eigenvalue weighted by Gasteiger charge is -2.30. The van der Waals surface area contributed by atoms with Gasteiger partial charge in [0.15, 0.2) is 4.80 Å². The van der Waals surface area contributed by atoms with E-state index in [9.17, 15) is 14.9 Å². The predicted octanol–water partition coefficient (Wildman–Crippen LogP) is 6.53. The first kappa shape index (κ1) is 24.6. The second kappa shape index (κ2) is 9.46. The van der Waals surface area contributed by atoms with E-state index in [2.05, 4.69) is 42.5 Å². The van der Waals surface area contributed by atoms with Crippen LogP contribution in [0, 0.1) is 10.1 Å². The zero-order valence-electron chi connectivity index (χ0n) is 22.4. The van der Waals surface area contributed by atoms with Crippen molar-refractivity contribution in [2.75, 3.05) is 0 Å². The normalized spacial score (nSPS) is 16.2. The van der Waals surface area contributed by atoms with Gasteiger partial charge in [-0.05, 0) is 68.8 Å². The number of aryl methyl sites for hydroxylation is 1. The molecule has 0 saturated heterocycles. The fraction of sp³-hybridized carbons (Fsp3) is 0.0857. The van der Waals surface area contributed by atoms with Crippen molar-refractivity contribution in [2.45, 2.75) is 18.9 Å². The minimum atomic E-state index is -0.476. The van der Waals surface area contributed by atoms with Crippen LogP contribution < -0.4 is 14.9 Å². The van der Waals surface area contributed by atoms with E-state index < -0.39 is 6.04 Å². The number of hydrogen-bond acceptors (Lipinski definition) is 5. The summed E-state index contributed by atoms with van der Waals surface area (Å²) in [5.74, 6) is 0. The molecule has 0 fully saturated rings. The molecule has 42 heavy (non-hydrogen) atoms. The Morgan fingerprint density at radius 2 is 1.57 bits per heavy atom. The number of nitrogens with zero attached hydrogens (tertiary/aromatic N) is 3. The topological polar surface area (TPSA) is 77.5 Å². The summed E-state index contributed by atoms with van der Waals surface area (Å²) in [6.45, 7) is 0. The molecule has 1 aliphatic heterocycles. The van der Waals surface area contributed by atoms with Crippen LogP contribution in [0.2, 0.25) is 0 Å². The van der Waals surface area contributed by atoms with Crippen LogP contribution in [0.1, 0.15) is 34.7 Å². The Balaban J connectivity index is 1.43. The molecular weight excluding hydrogens is 542 g/mol. The number of hydrogen-bond donors (Lipinski definition) is 0. The largest absolute Gasteiger partial charge is 0.272 e. The smallest absolute Gasteiger partial charge is 0.271 e. The van der Waals surface area contributed by atoms with Crippen molar-refractivity contribution in [1.29, 1.82) is 0 Å². The van der Waals surface area contributed by atoms with Crippen molar-refractivity contribution < 1.29 is 4.92 Å². The van der Waals surface area contributed by atoms with Crippen molar-refractivity contribution in [2.24, 2.45) is 4.99 Å². The van der Waals surface area contributed by atoms with Gasteiger partial charge in [-0.2, -0.15) is 0 Å². The standard InChI is InChI=1S/C35H23N3O3S/c39-34-31(20-30-26-13-4-2-9-22(26)18-23-10-3-5-14-27(23)30)42-35-36-32-28-15-6-1-8-21(28)16-17-29(32)33(37(34)35)24-11-7-12-25(19-24)38(40)41/h1-15,18-20,33H,16-17H2/b31-20-/t33-/m1/s1. The van der Waals surface area contributed by atoms with Crippen LogP contribution in [-0.4, -0.2) is 9.49 Å². The van der Waals surface area contributed by atoms with Crippen LogP contribution in [0.4, 0.5) is 5.69 Å². The Bertz CT molecular complexity index is 2280. The van der Waals surface area contributed by atoms with Gasteiger partial charge >= 0.3 is 0 Å². The molecule has 1 atom stereocenters. The van der Waals surface area contributed by atoms with E-state index in [4.69, 9.17) is 4.99 Å². The molecule has 0 saturated carbocycles. The lowest BCUT2D eigenvalue weighted by atomic mass is 9.83. The van der Waals surface area contributed by atoms with Gasteiger partial charge < -0.3 is 0 Å². The molecule has 0 spiro atoms. The number of thiazole rings is 1. The summed E-state index contributed by atoms with van der Waals surface area (Å²) in [7, 11) is 0. The van der Waals surface area contributed by atoms with Gasteiger partial charge in [-0.25, -0.2) is 4.99 Å². The molecule has 2 heterocycles. The van der Waals surface area contributed by atoms with Crippen molar-refractivity contribution in [1.82, 2.24) is 4.57 Å². The highest BCUT2D eigenvalue weighted by molar-refractivity contribution is 7.07. The van der Waals surface area contributed by atoms with Gasteiger partial charge in [-0.1, -0.05) is 96.3 Å². The molecule has 5 aromatic carbocycles. The van der Waals surface area contributed by atoms with Gasteiger partial charge in [0, 0.05) is 17.7 Å². The molecule has 6 nitrogen and oxygen atoms in total. The van der Waals surface area contributed by atoms with Crippen molar-refractivity contribution in [3.8, 4) is 0 Å². The summed E-state index contributed by atoms with van der Waals surface area (Å²) in [4.78, 5) is 31.4. The van der Waals surface area contributed by atoms with Gasteiger partial charge in [0.05, 0.1) is 21.2 Å². The molecule has 1 aromatic heterocycles. The van der Waals surface area contributed by atoms with Crippen molar-refractivity contribution >= 4 is 50.3 Å². The third-order valence-electron chi connectivity index (χ3n) is 8.36. The molecule has 0 N–H and O–H groups in total. The highest BCUT2D eigenvalue weighted by Crippen LogP contribution is 2.41. The summed E-state index contributed by atoms with van der Waals surface area (Å²) in [6.07, 6.45) is 3.54. The quantitative estimate of drug-likeness (QED) is 0.139. The van der Waals surface area contributed by atoms with Gasteiger partial charge in [-0.3, -0.25) is 19.5 Å². The van der Waals surface area contributed by atoms with E-state index in [0.29, 0.717) is 14.9 Å². The van der Waals surface area contributed by atoms with E-state index >= 15 is 0 Å². The first-order chi connectivity index (χ1) is 20.6. The molecule has 0 bridgehead atoms.